The predicted octanol–water partition coefficient (Wildman–Crippen LogP) is 3.53. The first-order valence-corrected chi connectivity index (χ1v) is 8.59. The summed E-state index contributed by atoms with van der Waals surface area (Å²) in [5.41, 5.74) is 1.87. The minimum Gasteiger partial charge on any atom is -0.465 e. The van der Waals surface area contributed by atoms with E-state index in [9.17, 15) is 33.3 Å². The van der Waals surface area contributed by atoms with Crippen LogP contribution < -0.4 is 4.74 Å². The first-order valence-electron chi connectivity index (χ1n) is 8.59. The molecule has 8 nitrogen and oxygen atoms in total. The van der Waals surface area contributed by atoms with Crippen LogP contribution in [0.5, 0.6) is 5.75 Å². The molecule has 0 saturated heterocycles. The summed E-state index contributed by atoms with van der Waals surface area (Å²) in [6.45, 7) is -0.775. The summed E-state index contributed by atoms with van der Waals surface area (Å²) in [6.07, 6.45) is -6.27. The number of hydrogen-bond acceptors (Lipinski definition) is 6. The summed E-state index contributed by atoms with van der Waals surface area (Å²) in [5, 5.41) is 28.9. The highest BCUT2D eigenvalue weighted by atomic mass is 19.4. The molecule has 0 radical (unpaired) electrons. The van der Waals surface area contributed by atoms with E-state index >= 15 is 0 Å². The first kappa shape index (κ1) is 21.4. The smallest absolute Gasteiger partial charge is 0.465 e. The number of amides is 1. The molecule has 0 aliphatic heterocycles. The van der Waals surface area contributed by atoms with Gasteiger partial charge in [0.2, 0.25) is 0 Å². The number of halogens is 3. The van der Waals surface area contributed by atoms with Crippen molar-refractivity contribution in [1.29, 1.82) is 0 Å². The van der Waals surface area contributed by atoms with Crippen LogP contribution in [0.25, 0.3) is 22.2 Å². The zero-order valence-corrected chi connectivity index (χ0v) is 15.6. The van der Waals surface area contributed by atoms with Gasteiger partial charge in [-0.2, -0.15) is 0 Å². The lowest BCUT2D eigenvalue weighted by Gasteiger charge is -2.20. The van der Waals surface area contributed by atoms with Gasteiger partial charge >= 0.3 is 12.5 Å². The third kappa shape index (κ3) is 4.47. The van der Waals surface area contributed by atoms with Crippen LogP contribution in [-0.4, -0.2) is 51.3 Å². The van der Waals surface area contributed by atoms with Crippen LogP contribution in [0, 0.1) is 0 Å². The van der Waals surface area contributed by atoms with Crippen LogP contribution in [0.3, 0.4) is 0 Å². The van der Waals surface area contributed by atoms with Crippen LogP contribution in [-0.2, 0) is 6.54 Å². The summed E-state index contributed by atoms with van der Waals surface area (Å²) >= 11 is 0. The normalized spacial score (nSPS) is 12.7. The van der Waals surface area contributed by atoms with Crippen molar-refractivity contribution in [1.82, 2.24) is 9.88 Å². The van der Waals surface area contributed by atoms with E-state index in [1.165, 1.54) is 19.2 Å². The van der Waals surface area contributed by atoms with Gasteiger partial charge in [0.25, 0.3) is 0 Å². The number of aliphatic hydroxyl groups is 2. The maximum Gasteiger partial charge on any atom is 0.573 e. The second-order valence-corrected chi connectivity index (χ2v) is 6.44. The van der Waals surface area contributed by atoms with Gasteiger partial charge in [-0.25, -0.2) is 9.78 Å². The van der Waals surface area contributed by atoms with Gasteiger partial charge in [0, 0.05) is 24.7 Å². The van der Waals surface area contributed by atoms with Gasteiger partial charge in [0.15, 0.2) is 12.0 Å². The topological polar surface area (TPSA) is 116 Å². The van der Waals surface area contributed by atoms with E-state index < -0.39 is 30.9 Å². The van der Waals surface area contributed by atoms with Crippen molar-refractivity contribution in [2.75, 3.05) is 13.7 Å². The largest absolute Gasteiger partial charge is 0.573 e. The third-order valence-corrected chi connectivity index (χ3v) is 4.37. The van der Waals surface area contributed by atoms with E-state index in [4.69, 9.17) is 4.42 Å². The lowest BCUT2D eigenvalue weighted by molar-refractivity contribution is -0.274. The lowest BCUT2D eigenvalue weighted by Crippen LogP contribution is -2.25. The Morgan fingerprint density at radius 2 is 1.97 bits per heavy atom. The zero-order valence-electron chi connectivity index (χ0n) is 15.6. The van der Waals surface area contributed by atoms with Crippen molar-refractivity contribution in [3.63, 3.8) is 0 Å². The van der Waals surface area contributed by atoms with E-state index in [2.05, 4.69) is 9.72 Å². The molecule has 1 atom stereocenters. The molecular formula is C19H17F3N2O6. The number of nitrogens with zero attached hydrogens (tertiary/aromatic N) is 2. The van der Waals surface area contributed by atoms with Gasteiger partial charge in [-0.15, -0.1) is 13.2 Å². The molecule has 0 aliphatic carbocycles. The fourth-order valence-corrected chi connectivity index (χ4v) is 3.06. The number of alkyl halides is 3. The molecule has 30 heavy (non-hydrogen) atoms. The Labute approximate surface area is 167 Å². The summed E-state index contributed by atoms with van der Waals surface area (Å²) in [5.74, 6) is -0.402. The number of oxazole rings is 1. The molecule has 160 valence electrons. The Kier molecular flexibility index (Phi) is 5.85. The first-order chi connectivity index (χ1) is 14.1. The van der Waals surface area contributed by atoms with E-state index in [-0.39, 0.29) is 17.7 Å². The molecule has 0 saturated carbocycles. The number of aromatic nitrogens is 1. The van der Waals surface area contributed by atoms with Gasteiger partial charge in [-0.3, -0.25) is 0 Å². The van der Waals surface area contributed by atoms with Crippen molar-refractivity contribution >= 4 is 17.2 Å². The Morgan fingerprint density at radius 1 is 1.30 bits per heavy atom. The van der Waals surface area contributed by atoms with Crippen molar-refractivity contribution in [3.05, 3.63) is 47.9 Å². The maximum atomic E-state index is 12.4. The standard InChI is InChI=1S/C19H17F3N2O6/c1-24(18(27)28)7-11-6-13(10-2-4-12(5-3-10)30-19(20,21)22)16-17(29-9-23-16)15(11)14(26)8-25/h2-6,9,14,25-26H,7-8H2,1H3,(H,27,28). The Bertz CT molecular complexity index is 1050. The molecule has 1 heterocycles. The molecule has 3 N–H and O–H groups in total. The molecule has 0 spiro atoms. The van der Waals surface area contributed by atoms with Gasteiger partial charge in [-0.05, 0) is 29.3 Å². The minimum absolute atomic E-state index is 0.137. The Hall–Kier alpha value is -3.31. The van der Waals surface area contributed by atoms with Crippen LogP contribution in [0.1, 0.15) is 17.2 Å². The monoisotopic (exact) mass is 426 g/mol. The zero-order chi connectivity index (χ0) is 22.1. The van der Waals surface area contributed by atoms with Crippen molar-refractivity contribution in [2.24, 2.45) is 0 Å². The van der Waals surface area contributed by atoms with E-state index in [0.717, 1.165) is 23.4 Å². The van der Waals surface area contributed by atoms with Gasteiger partial charge in [-0.1, -0.05) is 12.1 Å². The number of hydrogen-bond donors (Lipinski definition) is 3. The highest BCUT2D eigenvalue weighted by molar-refractivity contribution is 5.94. The molecule has 1 aromatic heterocycles. The van der Waals surface area contributed by atoms with Crippen molar-refractivity contribution in [3.8, 4) is 16.9 Å². The molecule has 3 aromatic rings. The molecule has 1 unspecified atom stereocenters. The van der Waals surface area contributed by atoms with Crippen LogP contribution in [0.4, 0.5) is 18.0 Å². The van der Waals surface area contributed by atoms with E-state index in [1.54, 1.807) is 6.07 Å². The van der Waals surface area contributed by atoms with E-state index in [0.29, 0.717) is 22.2 Å². The minimum atomic E-state index is -4.82. The Morgan fingerprint density at radius 3 is 2.53 bits per heavy atom. The average molecular weight is 426 g/mol. The molecule has 11 heteroatoms. The van der Waals surface area contributed by atoms with Crippen LogP contribution in [0.15, 0.2) is 41.1 Å². The number of rotatable bonds is 6. The maximum absolute atomic E-state index is 12.4. The fraction of sp³-hybridized carbons (Fsp3) is 0.263. The highest BCUT2D eigenvalue weighted by Crippen LogP contribution is 2.37. The van der Waals surface area contributed by atoms with Gasteiger partial charge in [0.05, 0.1) is 6.61 Å². The fourth-order valence-electron chi connectivity index (χ4n) is 3.06. The second-order valence-electron chi connectivity index (χ2n) is 6.44. The van der Waals surface area contributed by atoms with Crippen molar-refractivity contribution < 1.29 is 42.4 Å². The molecule has 0 bridgehead atoms. The molecule has 1 amide bonds. The molecule has 3 rings (SSSR count). The lowest BCUT2D eigenvalue weighted by atomic mass is 9.94. The number of carbonyl (C=O) groups is 1. The number of fused-ring (bicyclic) bond motifs is 1. The second kappa shape index (κ2) is 8.20. The van der Waals surface area contributed by atoms with Crippen molar-refractivity contribution in [2.45, 2.75) is 19.0 Å². The van der Waals surface area contributed by atoms with Gasteiger partial charge < -0.3 is 29.4 Å². The molecule has 0 fully saturated rings. The predicted molar refractivity (Wildman–Crippen MR) is 97.7 cm³/mol. The van der Waals surface area contributed by atoms with Crippen LogP contribution in [0.2, 0.25) is 0 Å². The highest BCUT2D eigenvalue weighted by Gasteiger charge is 2.31. The summed E-state index contributed by atoms with van der Waals surface area (Å²) in [7, 11) is 1.32. The molecule has 0 aliphatic rings. The number of aliphatic hydroxyl groups excluding tert-OH is 2. The summed E-state index contributed by atoms with van der Waals surface area (Å²) in [4.78, 5) is 16.3. The quantitative estimate of drug-likeness (QED) is 0.552. The average Bonchev–Trinajstić information content (AvgIpc) is 3.15. The number of carboxylic acid groups (broad SMARTS) is 1. The Balaban J connectivity index is 2.13. The van der Waals surface area contributed by atoms with Gasteiger partial charge in [0.1, 0.15) is 17.4 Å². The third-order valence-electron chi connectivity index (χ3n) is 4.37. The SMILES string of the molecule is CN(Cc1cc(-c2ccc(OC(F)(F)F)cc2)c2ncoc2c1C(O)CO)C(=O)O. The summed E-state index contributed by atoms with van der Waals surface area (Å²) in [6, 6.07) is 6.59. The number of benzene rings is 2. The molecule has 2 aromatic carbocycles. The van der Waals surface area contributed by atoms with E-state index in [1.807, 2.05) is 0 Å². The summed E-state index contributed by atoms with van der Waals surface area (Å²) < 4.78 is 46.4. The molecular weight excluding hydrogens is 409 g/mol. The van der Waals surface area contributed by atoms with Crippen LogP contribution >= 0.6 is 0 Å². The number of ether oxygens (including phenoxy) is 1.